The van der Waals surface area contributed by atoms with Crippen molar-refractivity contribution in [3.63, 3.8) is 0 Å². The maximum Gasteiger partial charge on any atom is 1.00 e. The molecule has 6 heteroatoms. The molecule has 0 spiro atoms. The molecule has 0 aliphatic carbocycles. The molecule has 0 N–H and O–H groups in total. The zero-order valence-corrected chi connectivity index (χ0v) is 15.0. The summed E-state index contributed by atoms with van der Waals surface area (Å²) < 4.78 is 0. The Hall–Kier alpha value is -1.31. The average molecular weight is 319 g/mol. The molecule has 1 aliphatic heterocycles. The number of amides is 2. The zero-order valence-electron chi connectivity index (χ0n) is 11.9. The number of hydrogen-bond donors (Lipinski definition) is 0. The Kier molecular flexibility index (Phi) is 5.31. The van der Waals surface area contributed by atoms with E-state index in [0.29, 0.717) is 22.4 Å². The van der Waals surface area contributed by atoms with Crippen LogP contribution in [0.2, 0.25) is 0 Å². The van der Waals surface area contributed by atoms with E-state index in [1.165, 1.54) is 6.07 Å². The van der Waals surface area contributed by atoms with E-state index in [9.17, 15) is 19.5 Å². The Bertz CT molecular complexity index is 737. The van der Waals surface area contributed by atoms with Crippen molar-refractivity contribution in [2.45, 2.75) is 6.42 Å². The van der Waals surface area contributed by atoms with Crippen molar-refractivity contribution in [2.24, 2.45) is 0 Å². The average Bonchev–Trinajstić information content (AvgIpc) is 2.71. The van der Waals surface area contributed by atoms with Crippen molar-refractivity contribution < 1.29 is 70.9 Å². The van der Waals surface area contributed by atoms with E-state index in [-0.39, 0.29) is 57.8 Å². The number of carboxylic acid groups (broad SMARTS) is 1. The standard InChI is InChI=1S/C16H11NO4.K/c18-14(19)9-10-4-3-5-11(8-10)17-15(20)12-6-1-2-7-13(12)16(17)21;/h1-8H,9H2,(H,18,19);/q;+1/p-1. The van der Waals surface area contributed by atoms with Crippen molar-refractivity contribution in [1.29, 1.82) is 0 Å². The predicted octanol–water partition coefficient (Wildman–Crippen LogP) is -2.22. The molecule has 0 saturated heterocycles. The first kappa shape index (κ1) is 17.0. The number of aliphatic carboxylic acids is 1. The van der Waals surface area contributed by atoms with Gasteiger partial charge in [0.05, 0.1) is 16.8 Å². The van der Waals surface area contributed by atoms with Crippen molar-refractivity contribution in [3.05, 3.63) is 65.2 Å². The fourth-order valence-electron chi connectivity index (χ4n) is 2.40. The molecule has 0 aromatic heterocycles. The van der Waals surface area contributed by atoms with Crippen molar-refractivity contribution in [3.8, 4) is 0 Å². The first-order valence-electron chi connectivity index (χ1n) is 6.34. The summed E-state index contributed by atoms with van der Waals surface area (Å²) in [7, 11) is 0. The molecule has 2 aromatic rings. The second-order valence-corrected chi connectivity index (χ2v) is 4.71. The molecule has 22 heavy (non-hydrogen) atoms. The SMILES string of the molecule is O=C([O-])Cc1cccc(N2C(=O)c3ccccc3C2=O)c1.[K+]. The van der Waals surface area contributed by atoms with Gasteiger partial charge in [0, 0.05) is 12.4 Å². The van der Waals surface area contributed by atoms with Gasteiger partial charge in [-0.3, -0.25) is 9.59 Å². The van der Waals surface area contributed by atoms with Gasteiger partial charge in [-0.25, -0.2) is 4.90 Å². The second-order valence-electron chi connectivity index (χ2n) is 4.71. The smallest absolute Gasteiger partial charge is 0.550 e. The number of rotatable bonds is 3. The van der Waals surface area contributed by atoms with Gasteiger partial charge in [-0.15, -0.1) is 0 Å². The van der Waals surface area contributed by atoms with Gasteiger partial charge in [0.1, 0.15) is 0 Å². The van der Waals surface area contributed by atoms with Crippen LogP contribution in [0.15, 0.2) is 48.5 Å². The molecule has 0 radical (unpaired) electrons. The molecule has 1 heterocycles. The van der Waals surface area contributed by atoms with Gasteiger partial charge >= 0.3 is 51.4 Å². The maximum absolute atomic E-state index is 12.3. The van der Waals surface area contributed by atoms with Crippen molar-refractivity contribution in [2.75, 3.05) is 4.90 Å². The van der Waals surface area contributed by atoms with Crippen LogP contribution in [0.5, 0.6) is 0 Å². The van der Waals surface area contributed by atoms with Gasteiger partial charge in [-0.2, -0.15) is 0 Å². The van der Waals surface area contributed by atoms with Crippen molar-refractivity contribution in [1.82, 2.24) is 0 Å². The number of nitrogens with zero attached hydrogens (tertiary/aromatic N) is 1. The summed E-state index contributed by atoms with van der Waals surface area (Å²) in [6.07, 6.45) is -0.267. The van der Waals surface area contributed by atoms with E-state index in [0.717, 1.165) is 4.90 Å². The molecule has 2 amide bonds. The number of carboxylic acids is 1. The Labute approximate surface area is 169 Å². The Morgan fingerprint density at radius 3 is 2.09 bits per heavy atom. The number of imide groups is 1. The topological polar surface area (TPSA) is 77.5 Å². The van der Waals surface area contributed by atoms with Crippen LogP contribution in [-0.4, -0.2) is 17.8 Å². The minimum atomic E-state index is -1.21. The van der Waals surface area contributed by atoms with Crippen LogP contribution in [0, 0.1) is 0 Å². The quantitative estimate of drug-likeness (QED) is 0.474. The summed E-state index contributed by atoms with van der Waals surface area (Å²) >= 11 is 0. The molecule has 2 aromatic carbocycles. The molecular weight excluding hydrogens is 309 g/mol. The summed E-state index contributed by atoms with van der Waals surface area (Å²) in [5.74, 6) is -2.02. The van der Waals surface area contributed by atoms with Crippen LogP contribution in [0.1, 0.15) is 26.3 Å². The summed E-state index contributed by atoms with van der Waals surface area (Å²) in [5, 5.41) is 10.6. The summed E-state index contributed by atoms with van der Waals surface area (Å²) in [6, 6.07) is 12.9. The molecule has 5 nitrogen and oxygen atoms in total. The van der Waals surface area contributed by atoms with Gasteiger partial charge in [0.25, 0.3) is 11.8 Å². The summed E-state index contributed by atoms with van der Waals surface area (Å²) in [5.41, 5.74) is 1.55. The molecule has 3 rings (SSSR count). The third-order valence-electron chi connectivity index (χ3n) is 3.31. The van der Waals surface area contributed by atoms with Crippen LogP contribution in [0.3, 0.4) is 0 Å². The fourth-order valence-corrected chi connectivity index (χ4v) is 2.40. The Morgan fingerprint density at radius 1 is 0.955 bits per heavy atom. The molecule has 0 fully saturated rings. The first-order valence-corrected chi connectivity index (χ1v) is 6.34. The van der Waals surface area contributed by atoms with Gasteiger partial charge in [0.15, 0.2) is 0 Å². The normalized spacial score (nSPS) is 12.8. The molecule has 0 atom stereocenters. The first-order chi connectivity index (χ1) is 10.1. The largest absolute Gasteiger partial charge is 1.00 e. The zero-order chi connectivity index (χ0) is 15.0. The van der Waals surface area contributed by atoms with Crippen molar-refractivity contribution >= 4 is 23.5 Å². The van der Waals surface area contributed by atoms with Crippen LogP contribution in [0.4, 0.5) is 5.69 Å². The second kappa shape index (κ2) is 6.85. The van der Waals surface area contributed by atoms with E-state index >= 15 is 0 Å². The van der Waals surface area contributed by atoms with Gasteiger partial charge in [-0.1, -0.05) is 24.3 Å². The van der Waals surface area contributed by atoms with E-state index < -0.39 is 17.8 Å². The summed E-state index contributed by atoms with van der Waals surface area (Å²) in [4.78, 5) is 36.3. The third kappa shape index (κ3) is 3.06. The molecule has 104 valence electrons. The maximum atomic E-state index is 12.3. The van der Waals surface area contributed by atoms with E-state index in [2.05, 4.69) is 0 Å². The number of benzene rings is 2. The molecule has 0 unspecified atom stereocenters. The number of anilines is 1. The number of carbonyl (C=O) groups is 3. The fraction of sp³-hybridized carbons (Fsp3) is 0.0625. The van der Waals surface area contributed by atoms with E-state index in [4.69, 9.17) is 0 Å². The predicted molar refractivity (Wildman–Crippen MR) is 72.7 cm³/mol. The minimum Gasteiger partial charge on any atom is -0.550 e. The van der Waals surface area contributed by atoms with Gasteiger partial charge in [0.2, 0.25) is 0 Å². The van der Waals surface area contributed by atoms with Crippen LogP contribution in [0.25, 0.3) is 0 Å². The van der Waals surface area contributed by atoms with Crippen LogP contribution < -0.4 is 61.4 Å². The van der Waals surface area contributed by atoms with Gasteiger partial charge < -0.3 is 9.90 Å². The minimum absolute atomic E-state index is 0. The molecule has 1 aliphatic rings. The summed E-state index contributed by atoms with van der Waals surface area (Å²) in [6.45, 7) is 0. The number of fused-ring (bicyclic) bond motifs is 1. The third-order valence-corrected chi connectivity index (χ3v) is 3.31. The van der Waals surface area contributed by atoms with Crippen LogP contribution >= 0.6 is 0 Å². The monoisotopic (exact) mass is 319 g/mol. The van der Waals surface area contributed by atoms with Gasteiger partial charge in [-0.05, 0) is 29.8 Å². The number of carbonyl (C=O) groups excluding carboxylic acids is 3. The van der Waals surface area contributed by atoms with Crippen LogP contribution in [-0.2, 0) is 11.2 Å². The molecule has 0 saturated carbocycles. The Balaban J connectivity index is 0.00000176. The molecule has 0 bridgehead atoms. The van der Waals surface area contributed by atoms with E-state index in [1.54, 1.807) is 42.5 Å². The Morgan fingerprint density at radius 2 is 1.55 bits per heavy atom. The molecular formula is C16H10KNO4. The number of hydrogen-bond acceptors (Lipinski definition) is 4. The van der Waals surface area contributed by atoms with E-state index in [1.807, 2.05) is 0 Å².